The molecule has 2 atom stereocenters. The summed E-state index contributed by atoms with van der Waals surface area (Å²) in [5, 5.41) is 6.92. The van der Waals surface area contributed by atoms with Crippen LogP contribution in [0.2, 0.25) is 0 Å². The number of rotatable bonds is 9. The van der Waals surface area contributed by atoms with Crippen LogP contribution in [0, 0.1) is 11.8 Å². The van der Waals surface area contributed by atoms with Crippen molar-refractivity contribution >= 4 is 5.96 Å². The fraction of sp³-hybridized carbons (Fsp3) is 0.955. The molecule has 2 rings (SSSR count). The summed E-state index contributed by atoms with van der Waals surface area (Å²) in [6, 6.07) is 0. The van der Waals surface area contributed by atoms with Crippen molar-refractivity contribution in [2.24, 2.45) is 16.8 Å². The second-order valence-electron chi connectivity index (χ2n) is 9.45. The van der Waals surface area contributed by atoms with Crippen molar-refractivity contribution in [3.05, 3.63) is 0 Å². The zero-order chi connectivity index (χ0) is 20.4. The third kappa shape index (κ3) is 8.26. The first-order valence-electron chi connectivity index (χ1n) is 11.5. The fourth-order valence-corrected chi connectivity index (χ4v) is 4.52. The molecule has 2 fully saturated rings. The van der Waals surface area contributed by atoms with E-state index >= 15 is 0 Å². The van der Waals surface area contributed by atoms with Crippen LogP contribution in [0.3, 0.4) is 0 Å². The van der Waals surface area contributed by atoms with E-state index in [0.29, 0.717) is 0 Å². The van der Waals surface area contributed by atoms with E-state index in [-0.39, 0.29) is 5.54 Å². The molecule has 6 nitrogen and oxygen atoms in total. The van der Waals surface area contributed by atoms with Crippen molar-refractivity contribution in [3.63, 3.8) is 0 Å². The predicted octanol–water partition coefficient (Wildman–Crippen LogP) is 2.41. The number of likely N-dealkylation sites (tertiary alicyclic amines) is 1. The summed E-state index contributed by atoms with van der Waals surface area (Å²) in [6.07, 6.45) is 3.84. The molecular formula is C22H45N5O. The molecule has 0 aliphatic carbocycles. The molecule has 2 aliphatic rings. The van der Waals surface area contributed by atoms with Crippen LogP contribution in [0.4, 0.5) is 0 Å². The van der Waals surface area contributed by atoms with Gasteiger partial charge < -0.3 is 20.3 Å². The van der Waals surface area contributed by atoms with E-state index in [2.05, 4.69) is 55.1 Å². The molecule has 28 heavy (non-hydrogen) atoms. The molecule has 2 unspecified atom stereocenters. The van der Waals surface area contributed by atoms with E-state index in [1.165, 1.54) is 38.9 Å². The number of hydrogen-bond acceptors (Lipinski definition) is 4. The van der Waals surface area contributed by atoms with Gasteiger partial charge in [0.05, 0.1) is 19.8 Å². The Morgan fingerprint density at radius 3 is 2.39 bits per heavy atom. The van der Waals surface area contributed by atoms with E-state index in [0.717, 1.165) is 63.7 Å². The Hall–Kier alpha value is -0.850. The predicted molar refractivity (Wildman–Crippen MR) is 119 cm³/mol. The van der Waals surface area contributed by atoms with Crippen LogP contribution in [-0.4, -0.2) is 86.9 Å². The molecule has 0 saturated carbocycles. The molecule has 2 N–H and O–H groups in total. The molecule has 0 amide bonds. The molecule has 164 valence electrons. The molecule has 2 aliphatic heterocycles. The Morgan fingerprint density at radius 2 is 1.75 bits per heavy atom. The lowest BCUT2D eigenvalue weighted by atomic mass is 9.92. The number of nitrogens with zero attached hydrogens (tertiary/aromatic N) is 3. The van der Waals surface area contributed by atoms with Crippen molar-refractivity contribution in [2.45, 2.75) is 59.4 Å². The number of hydrogen-bond donors (Lipinski definition) is 2. The summed E-state index contributed by atoms with van der Waals surface area (Å²) in [4.78, 5) is 10.0. The highest BCUT2D eigenvalue weighted by atomic mass is 16.5. The van der Waals surface area contributed by atoms with Crippen LogP contribution in [0.15, 0.2) is 4.99 Å². The molecule has 0 aromatic carbocycles. The third-order valence-electron chi connectivity index (χ3n) is 5.97. The molecule has 0 spiro atoms. The first kappa shape index (κ1) is 23.4. The van der Waals surface area contributed by atoms with Gasteiger partial charge in [0.1, 0.15) is 0 Å². The van der Waals surface area contributed by atoms with Crippen molar-refractivity contribution in [2.75, 3.05) is 65.6 Å². The zero-order valence-corrected chi connectivity index (χ0v) is 19.1. The summed E-state index contributed by atoms with van der Waals surface area (Å²) in [5.41, 5.74) is 0.0633. The summed E-state index contributed by atoms with van der Waals surface area (Å²) in [7, 11) is 0. The van der Waals surface area contributed by atoms with Crippen molar-refractivity contribution in [1.29, 1.82) is 0 Å². The van der Waals surface area contributed by atoms with Crippen LogP contribution in [-0.2, 0) is 4.74 Å². The highest BCUT2D eigenvalue weighted by Gasteiger charge is 2.28. The van der Waals surface area contributed by atoms with Crippen molar-refractivity contribution < 1.29 is 4.74 Å². The monoisotopic (exact) mass is 395 g/mol. The Morgan fingerprint density at radius 1 is 1.07 bits per heavy atom. The number of unbranched alkanes of at least 4 members (excludes halogenated alkanes) is 1. The van der Waals surface area contributed by atoms with Crippen LogP contribution in [0.5, 0.6) is 0 Å². The first-order valence-corrected chi connectivity index (χ1v) is 11.5. The lowest BCUT2D eigenvalue weighted by Crippen LogP contribution is -2.52. The molecule has 0 aromatic rings. The molecule has 2 saturated heterocycles. The minimum absolute atomic E-state index is 0.0633. The van der Waals surface area contributed by atoms with Gasteiger partial charge in [-0.15, -0.1) is 0 Å². The lowest BCUT2D eigenvalue weighted by molar-refractivity contribution is -0.00683. The normalized spacial score (nSPS) is 25.7. The Balaban J connectivity index is 1.69. The second-order valence-corrected chi connectivity index (χ2v) is 9.45. The summed E-state index contributed by atoms with van der Waals surface area (Å²) >= 11 is 0. The van der Waals surface area contributed by atoms with E-state index in [4.69, 9.17) is 9.73 Å². The number of aliphatic imine (C=N–C) groups is 1. The van der Waals surface area contributed by atoms with Gasteiger partial charge in [-0.25, -0.2) is 0 Å². The summed E-state index contributed by atoms with van der Waals surface area (Å²) in [6.45, 7) is 21.6. The van der Waals surface area contributed by atoms with Gasteiger partial charge in [-0.2, -0.15) is 0 Å². The highest BCUT2D eigenvalue weighted by molar-refractivity contribution is 5.79. The quantitative estimate of drug-likeness (QED) is 0.357. The largest absolute Gasteiger partial charge is 0.379 e. The van der Waals surface area contributed by atoms with Crippen molar-refractivity contribution in [3.8, 4) is 0 Å². The number of guanidine groups is 1. The van der Waals surface area contributed by atoms with Gasteiger partial charge in [-0.05, 0) is 58.4 Å². The van der Waals surface area contributed by atoms with Gasteiger partial charge in [-0.1, -0.05) is 13.8 Å². The summed E-state index contributed by atoms with van der Waals surface area (Å²) < 4.78 is 5.48. The average Bonchev–Trinajstić information content (AvgIpc) is 2.66. The topological polar surface area (TPSA) is 52.1 Å². The van der Waals surface area contributed by atoms with E-state index in [1.54, 1.807) is 0 Å². The smallest absolute Gasteiger partial charge is 0.191 e. The fourth-order valence-electron chi connectivity index (χ4n) is 4.52. The minimum atomic E-state index is 0.0633. The molecule has 2 heterocycles. The van der Waals surface area contributed by atoms with E-state index in [9.17, 15) is 0 Å². The summed E-state index contributed by atoms with van der Waals surface area (Å²) in [5.74, 6) is 2.65. The SMILES string of the molecule is CCNC(=NCC(C)(C)N1CCOCC1)NCCCCN1CC(C)CC(C)C1. The average molecular weight is 396 g/mol. The number of ether oxygens (including phenoxy) is 1. The van der Waals surface area contributed by atoms with Gasteiger partial charge in [0.15, 0.2) is 5.96 Å². The van der Waals surface area contributed by atoms with Gasteiger partial charge in [0, 0.05) is 44.8 Å². The van der Waals surface area contributed by atoms with Gasteiger partial charge in [0.2, 0.25) is 0 Å². The molecule has 0 aromatic heterocycles. The van der Waals surface area contributed by atoms with Gasteiger partial charge >= 0.3 is 0 Å². The highest BCUT2D eigenvalue weighted by Crippen LogP contribution is 2.21. The Labute approximate surface area is 173 Å². The maximum Gasteiger partial charge on any atom is 0.191 e. The Kier molecular flexibility index (Phi) is 10.0. The minimum Gasteiger partial charge on any atom is -0.379 e. The van der Waals surface area contributed by atoms with E-state index in [1.807, 2.05) is 0 Å². The lowest BCUT2D eigenvalue weighted by Gasteiger charge is -2.39. The van der Waals surface area contributed by atoms with Crippen LogP contribution >= 0.6 is 0 Å². The Bertz CT molecular complexity index is 452. The standard InChI is InChI=1S/C22H45N5O/c1-6-23-21(25-18-22(4,5)27-11-13-28-14-12-27)24-9-7-8-10-26-16-19(2)15-20(3)17-26/h19-20H,6-18H2,1-5H3,(H2,23,24,25). The molecule has 6 heteroatoms. The van der Waals surface area contributed by atoms with Crippen LogP contribution in [0.1, 0.15) is 53.9 Å². The van der Waals surface area contributed by atoms with Crippen LogP contribution in [0.25, 0.3) is 0 Å². The molecular weight excluding hydrogens is 350 g/mol. The van der Waals surface area contributed by atoms with Crippen molar-refractivity contribution in [1.82, 2.24) is 20.4 Å². The first-order chi connectivity index (χ1) is 13.4. The number of nitrogens with one attached hydrogen (secondary N) is 2. The van der Waals surface area contributed by atoms with Gasteiger partial charge in [0.25, 0.3) is 0 Å². The zero-order valence-electron chi connectivity index (χ0n) is 19.1. The number of piperidine rings is 1. The maximum absolute atomic E-state index is 5.48. The second kappa shape index (κ2) is 12.0. The van der Waals surface area contributed by atoms with E-state index < -0.39 is 0 Å². The van der Waals surface area contributed by atoms with Gasteiger partial charge in [-0.3, -0.25) is 9.89 Å². The number of morpholine rings is 1. The van der Waals surface area contributed by atoms with Crippen LogP contribution < -0.4 is 10.6 Å². The molecule has 0 radical (unpaired) electrons. The maximum atomic E-state index is 5.48. The third-order valence-corrected chi connectivity index (χ3v) is 5.97. The molecule has 0 bridgehead atoms.